The maximum Gasteiger partial charge on any atom is 0.252 e. The number of hydrogen-bond acceptors (Lipinski definition) is 3. The van der Waals surface area contributed by atoms with Gasteiger partial charge < -0.3 is 15.5 Å². The Morgan fingerprint density at radius 2 is 2.03 bits per heavy atom. The highest BCUT2D eigenvalue weighted by Gasteiger charge is 2.30. The molecule has 3 aliphatic rings. The van der Waals surface area contributed by atoms with Gasteiger partial charge in [-0.1, -0.05) is 45.7 Å². The number of allylic oxidation sites excluding steroid dienone is 2. The zero-order valence-electron chi connectivity index (χ0n) is 17.5. The fourth-order valence-electron chi connectivity index (χ4n) is 4.70. The van der Waals surface area contributed by atoms with Crippen molar-refractivity contribution in [1.29, 1.82) is 0 Å². The molecule has 2 N–H and O–H groups in total. The monoisotopic (exact) mass is 511 g/mol. The van der Waals surface area contributed by atoms with Gasteiger partial charge in [0, 0.05) is 35.7 Å². The van der Waals surface area contributed by atoms with Gasteiger partial charge in [0.1, 0.15) is 0 Å². The highest BCUT2D eigenvalue weighted by atomic mass is 79.9. The van der Waals surface area contributed by atoms with Crippen LogP contribution in [0.5, 0.6) is 0 Å². The van der Waals surface area contributed by atoms with Crippen LogP contribution in [0.15, 0.2) is 52.0 Å². The van der Waals surface area contributed by atoms with Gasteiger partial charge in [-0.3, -0.25) is 9.59 Å². The Kier molecular flexibility index (Phi) is 5.93. The summed E-state index contributed by atoms with van der Waals surface area (Å²) in [7, 11) is 0. The van der Waals surface area contributed by atoms with Crippen molar-refractivity contribution in [3.05, 3.63) is 79.3 Å². The zero-order valence-corrected chi connectivity index (χ0v) is 19.9. The maximum atomic E-state index is 13.4. The van der Waals surface area contributed by atoms with E-state index in [0.717, 1.165) is 57.3 Å². The molecule has 1 saturated heterocycles. The Hall–Kier alpha value is -2.41. The predicted octanol–water partition coefficient (Wildman–Crippen LogP) is 3.60. The largest absolute Gasteiger partial charge is 0.350 e. The number of amides is 2. The second-order valence-electron chi connectivity index (χ2n) is 8.33. The third kappa shape index (κ3) is 4.15. The molecular formula is C25H23BrClN3O2. The van der Waals surface area contributed by atoms with Gasteiger partial charge in [-0.15, -0.1) is 0 Å². The summed E-state index contributed by atoms with van der Waals surface area (Å²) in [5.41, 5.74) is 7.45. The first-order valence-corrected chi connectivity index (χ1v) is 11.9. The highest BCUT2D eigenvalue weighted by molar-refractivity contribution is 9.10. The summed E-state index contributed by atoms with van der Waals surface area (Å²) >= 11 is 9.75. The number of hydrogen-bond donors (Lipinski definition) is 2. The van der Waals surface area contributed by atoms with Crippen molar-refractivity contribution in [1.82, 2.24) is 15.5 Å². The number of benzene rings is 2. The Bertz CT molecular complexity index is 1190. The summed E-state index contributed by atoms with van der Waals surface area (Å²) in [5.74, 6) is -0.00690. The van der Waals surface area contributed by atoms with Crippen LogP contribution < -0.4 is 10.6 Å². The standard InChI is InChI=1S/C25H23BrClN3O2/c26-19-2-4-21-18(11-19)13-22(17-9-15-1-3-20(27)12-16(15)10-17)24(21)25(32)29-6-8-30-7-5-28-14-23(30)31/h1-4,10-12,28H,5-9,13-14H2,(H,29,32). The first-order chi connectivity index (χ1) is 15.5. The molecule has 164 valence electrons. The van der Waals surface area contributed by atoms with Crippen LogP contribution in [0.25, 0.3) is 11.6 Å². The molecule has 1 heterocycles. The fraction of sp³-hybridized carbons (Fsp3) is 0.280. The molecule has 0 saturated carbocycles. The molecule has 0 atom stereocenters. The molecule has 32 heavy (non-hydrogen) atoms. The summed E-state index contributed by atoms with van der Waals surface area (Å²) < 4.78 is 1.00. The minimum Gasteiger partial charge on any atom is -0.350 e. The molecule has 1 aliphatic heterocycles. The number of piperazine rings is 1. The van der Waals surface area contributed by atoms with Gasteiger partial charge in [-0.2, -0.15) is 0 Å². The van der Waals surface area contributed by atoms with E-state index in [9.17, 15) is 9.59 Å². The first kappa shape index (κ1) is 21.4. The molecule has 5 rings (SSSR count). The molecule has 7 heteroatoms. The van der Waals surface area contributed by atoms with Crippen molar-refractivity contribution in [3.63, 3.8) is 0 Å². The average Bonchev–Trinajstić information content (AvgIpc) is 3.35. The van der Waals surface area contributed by atoms with Crippen LogP contribution in [0.2, 0.25) is 5.02 Å². The number of halogens is 2. The van der Waals surface area contributed by atoms with Crippen LogP contribution >= 0.6 is 27.5 Å². The third-order valence-electron chi connectivity index (χ3n) is 6.29. The third-order valence-corrected chi connectivity index (χ3v) is 7.02. The Morgan fingerprint density at radius 1 is 1.16 bits per heavy atom. The lowest BCUT2D eigenvalue weighted by Crippen LogP contribution is -2.50. The number of rotatable bonds is 5. The number of fused-ring (bicyclic) bond motifs is 2. The molecule has 2 aliphatic carbocycles. The number of nitrogens with one attached hydrogen (secondary N) is 2. The Balaban J connectivity index is 1.40. The lowest BCUT2D eigenvalue weighted by molar-refractivity contribution is -0.132. The molecule has 1 fully saturated rings. The molecule has 2 aromatic rings. The summed E-state index contributed by atoms with van der Waals surface area (Å²) in [4.78, 5) is 27.2. The highest BCUT2D eigenvalue weighted by Crippen LogP contribution is 2.42. The Labute approximate surface area is 200 Å². The minimum atomic E-state index is -0.0847. The summed E-state index contributed by atoms with van der Waals surface area (Å²) in [6, 6.07) is 12.0. The van der Waals surface area contributed by atoms with Crippen molar-refractivity contribution in [2.24, 2.45) is 0 Å². The van der Waals surface area contributed by atoms with Gasteiger partial charge in [0.15, 0.2) is 0 Å². The molecule has 0 aromatic heterocycles. The second kappa shape index (κ2) is 8.85. The predicted molar refractivity (Wildman–Crippen MR) is 130 cm³/mol. The van der Waals surface area contributed by atoms with Gasteiger partial charge in [0.05, 0.1) is 12.1 Å². The quantitative estimate of drug-likeness (QED) is 0.644. The zero-order chi connectivity index (χ0) is 22.2. The SMILES string of the molecule is O=C(NCCN1CCNCC1=O)C1=C(C2=Cc3cc(Cl)ccc3C2)Cc2cc(Br)ccc21. The van der Waals surface area contributed by atoms with Gasteiger partial charge >= 0.3 is 0 Å². The van der Waals surface area contributed by atoms with Crippen LogP contribution in [0.3, 0.4) is 0 Å². The molecule has 2 aromatic carbocycles. The first-order valence-electron chi connectivity index (χ1n) is 10.8. The summed E-state index contributed by atoms with van der Waals surface area (Å²) in [6.45, 7) is 2.78. The molecule has 0 radical (unpaired) electrons. The number of nitrogens with zero attached hydrogens (tertiary/aromatic N) is 1. The van der Waals surface area contributed by atoms with Crippen LogP contribution in [0.4, 0.5) is 0 Å². The molecule has 0 unspecified atom stereocenters. The van der Waals surface area contributed by atoms with E-state index in [2.05, 4.69) is 44.8 Å². The number of carbonyl (C=O) groups excluding carboxylic acids is 2. The van der Waals surface area contributed by atoms with Crippen molar-refractivity contribution in [3.8, 4) is 0 Å². The fourth-order valence-corrected chi connectivity index (χ4v) is 5.29. The minimum absolute atomic E-state index is 0.0778. The Morgan fingerprint density at radius 3 is 2.88 bits per heavy atom. The maximum absolute atomic E-state index is 13.4. The van der Waals surface area contributed by atoms with Crippen LogP contribution in [-0.2, 0) is 22.4 Å². The van der Waals surface area contributed by atoms with E-state index in [1.807, 2.05) is 24.3 Å². The van der Waals surface area contributed by atoms with Crippen molar-refractivity contribution >= 4 is 51.0 Å². The lowest BCUT2D eigenvalue weighted by Gasteiger charge is -2.27. The summed E-state index contributed by atoms with van der Waals surface area (Å²) in [5, 5.41) is 6.85. The van der Waals surface area contributed by atoms with Gasteiger partial charge in [0.2, 0.25) is 5.91 Å². The van der Waals surface area contributed by atoms with E-state index in [0.29, 0.717) is 31.2 Å². The topological polar surface area (TPSA) is 61.4 Å². The van der Waals surface area contributed by atoms with Crippen LogP contribution in [-0.4, -0.2) is 49.4 Å². The van der Waals surface area contributed by atoms with Crippen LogP contribution in [0.1, 0.15) is 22.3 Å². The van der Waals surface area contributed by atoms with Crippen molar-refractivity contribution < 1.29 is 9.59 Å². The molecule has 5 nitrogen and oxygen atoms in total. The lowest BCUT2D eigenvalue weighted by atomic mass is 9.98. The second-order valence-corrected chi connectivity index (χ2v) is 9.69. The van der Waals surface area contributed by atoms with E-state index in [4.69, 9.17) is 11.6 Å². The van der Waals surface area contributed by atoms with Crippen LogP contribution in [0, 0.1) is 0 Å². The van der Waals surface area contributed by atoms with Crippen molar-refractivity contribution in [2.45, 2.75) is 12.8 Å². The van der Waals surface area contributed by atoms with E-state index in [-0.39, 0.29) is 11.8 Å². The van der Waals surface area contributed by atoms with E-state index in [1.165, 1.54) is 5.56 Å². The van der Waals surface area contributed by atoms with Crippen molar-refractivity contribution in [2.75, 3.05) is 32.7 Å². The average molecular weight is 513 g/mol. The molecule has 0 bridgehead atoms. The van der Waals surface area contributed by atoms with Gasteiger partial charge in [-0.05, 0) is 70.5 Å². The smallest absolute Gasteiger partial charge is 0.252 e. The summed E-state index contributed by atoms with van der Waals surface area (Å²) in [6.07, 6.45) is 3.68. The van der Waals surface area contributed by atoms with E-state index in [1.54, 1.807) is 4.90 Å². The van der Waals surface area contributed by atoms with E-state index < -0.39 is 0 Å². The van der Waals surface area contributed by atoms with Gasteiger partial charge in [0.25, 0.3) is 5.91 Å². The molecular weight excluding hydrogens is 490 g/mol. The van der Waals surface area contributed by atoms with Gasteiger partial charge in [-0.25, -0.2) is 0 Å². The normalized spacial score (nSPS) is 17.4. The molecule has 2 amide bonds. The van der Waals surface area contributed by atoms with E-state index >= 15 is 0 Å². The number of carbonyl (C=O) groups is 2. The molecule has 0 spiro atoms.